The molecular formula is C13H18N2O5S. The van der Waals surface area contributed by atoms with Crippen LogP contribution in [0.1, 0.15) is 36.4 Å². The van der Waals surface area contributed by atoms with E-state index in [0.717, 1.165) is 11.3 Å². The molecule has 1 heterocycles. The van der Waals surface area contributed by atoms with Gasteiger partial charge in [-0.15, -0.1) is 0 Å². The predicted molar refractivity (Wildman–Crippen MR) is 78.5 cm³/mol. The summed E-state index contributed by atoms with van der Waals surface area (Å²) in [6, 6.07) is 2.68. The highest BCUT2D eigenvalue weighted by Gasteiger charge is 2.19. The van der Waals surface area contributed by atoms with E-state index in [9.17, 15) is 19.7 Å². The molecule has 0 radical (unpaired) electrons. The van der Waals surface area contributed by atoms with Crippen molar-refractivity contribution in [2.75, 3.05) is 6.54 Å². The number of hydrogen-bond acceptors (Lipinski definition) is 5. The molecule has 0 aliphatic rings. The van der Waals surface area contributed by atoms with Crippen molar-refractivity contribution in [3.05, 3.63) is 27.1 Å². The number of carboxylic acids is 1. The van der Waals surface area contributed by atoms with E-state index in [-0.39, 0.29) is 28.8 Å². The molecule has 0 aliphatic heterocycles. The Morgan fingerprint density at radius 2 is 2.10 bits per heavy atom. The van der Waals surface area contributed by atoms with Crippen LogP contribution in [0.15, 0.2) is 12.1 Å². The normalized spacial score (nSPS) is 12.1. The minimum Gasteiger partial charge on any atom is -0.481 e. The summed E-state index contributed by atoms with van der Waals surface area (Å²) in [6.45, 7) is 4.22. The fraction of sp³-hybridized carbons (Fsp3) is 0.538. The first-order valence-corrected chi connectivity index (χ1v) is 7.35. The molecule has 1 aromatic heterocycles. The number of carboxylic acid groups (broad SMARTS) is 1. The lowest BCUT2D eigenvalue weighted by Gasteiger charge is -2.17. The third-order valence-electron chi connectivity index (χ3n) is 2.81. The van der Waals surface area contributed by atoms with E-state index in [0.29, 0.717) is 12.3 Å². The lowest BCUT2D eigenvalue weighted by Crippen LogP contribution is -2.30. The molecule has 8 heteroatoms. The zero-order chi connectivity index (χ0) is 16.0. The molecule has 116 valence electrons. The number of hydrogen-bond donors (Lipinski definition) is 2. The van der Waals surface area contributed by atoms with E-state index in [1.807, 2.05) is 13.8 Å². The molecule has 1 aromatic rings. The fourth-order valence-corrected chi connectivity index (χ4v) is 2.76. The van der Waals surface area contributed by atoms with E-state index in [1.165, 1.54) is 12.1 Å². The topological polar surface area (TPSA) is 110 Å². The van der Waals surface area contributed by atoms with Gasteiger partial charge in [-0.3, -0.25) is 19.7 Å². The molecule has 0 aromatic carbocycles. The Hall–Kier alpha value is -1.96. The van der Waals surface area contributed by atoms with Crippen LogP contribution in [0.4, 0.5) is 5.00 Å². The molecule has 0 saturated heterocycles. The van der Waals surface area contributed by atoms with Crippen molar-refractivity contribution in [2.45, 2.75) is 26.7 Å². The van der Waals surface area contributed by atoms with Crippen molar-refractivity contribution in [3.8, 4) is 0 Å². The zero-order valence-electron chi connectivity index (χ0n) is 11.9. The minimum absolute atomic E-state index is 0.0109. The monoisotopic (exact) mass is 314 g/mol. The first-order valence-electron chi connectivity index (χ1n) is 6.53. The first kappa shape index (κ1) is 17.1. The van der Waals surface area contributed by atoms with Crippen LogP contribution in [0.3, 0.4) is 0 Å². The number of nitrogens with zero attached hydrogens (tertiary/aromatic N) is 1. The maximum absolute atomic E-state index is 11.9. The van der Waals surface area contributed by atoms with Crippen LogP contribution in [0, 0.1) is 22.0 Å². The van der Waals surface area contributed by atoms with Gasteiger partial charge in [0.15, 0.2) is 0 Å². The number of rotatable bonds is 8. The van der Waals surface area contributed by atoms with Gasteiger partial charge in [0.25, 0.3) is 5.91 Å². The molecule has 1 rings (SSSR count). The summed E-state index contributed by atoms with van der Waals surface area (Å²) in [6.07, 6.45) is 0.681. The molecule has 0 bridgehead atoms. The largest absolute Gasteiger partial charge is 0.481 e. The number of carbonyl (C=O) groups is 2. The number of amides is 1. The Balaban J connectivity index is 2.59. The molecule has 7 nitrogen and oxygen atoms in total. The van der Waals surface area contributed by atoms with Crippen molar-refractivity contribution < 1.29 is 19.6 Å². The maximum atomic E-state index is 11.9. The van der Waals surface area contributed by atoms with E-state index < -0.39 is 16.8 Å². The molecule has 21 heavy (non-hydrogen) atoms. The van der Waals surface area contributed by atoms with Crippen LogP contribution in [-0.2, 0) is 4.79 Å². The Bertz CT molecular complexity index is 526. The van der Waals surface area contributed by atoms with Crippen LogP contribution in [0.2, 0.25) is 0 Å². The number of thiophene rings is 1. The summed E-state index contributed by atoms with van der Waals surface area (Å²) >= 11 is 0.801. The quantitative estimate of drug-likeness (QED) is 0.566. The van der Waals surface area contributed by atoms with Crippen molar-refractivity contribution in [3.63, 3.8) is 0 Å². The summed E-state index contributed by atoms with van der Waals surface area (Å²) < 4.78 is 0. The number of nitrogens with one attached hydrogen (secondary N) is 1. The summed E-state index contributed by atoms with van der Waals surface area (Å²) in [7, 11) is 0. The average Bonchev–Trinajstić information content (AvgIpc) is 2.83. The Kier molecular flexibility index (Phi) is 6.29. The number of carbonyl (C=O) groups excluding carboxylic acids is 1. The lowest BCUT2D eigenvalue weighted by atomic mass is 9.94. The number of nitro groups is 1. The molecule has 1 atom stereocenters. The molecule has 0 spiro atoms. The van der Waals surface area contributed by atoms with Crippen LogP contribution < -0.4 is 5.32 Å². The molecule has 1 amide bonds. The third kappa shape index (κ3) is 5.90. The van der Waals surface area contributed by atoms with Gasteiger partial charge in [-0.2, -0.15) is 0 Å². The first-order chi connectivity index (χ1) is 9.79. The summed E-state index contributed by atoms with van der Waals surface area (Å²) in [5.74, 6) is -1.13. The molecule has 1 unspecified atom stereocenters. The standard InChI is InChI=1S/C13H18N2O5S/c1-8(2)5-9(6-12(16)17)7-14-13(18)10-3-4-11(21-10)15(19)20/h3-4,8-9H,5-7H2,1-2H3,(H,14,18)(H,16,17). The van der Waals surface area contributed by atoms with Gasteiger partial charge in [0.2, 0.25) is 0 Å². The summed E-state index contributed by atoms with van der Waals surface area (Å²) in [5.41, 5.74) is 0. The Labute approximate surface area is 126 Å². The molecule has 2 N–H and O–H groups in total. The fourth-order valence-electron chi connectivity index (χ4n) is 2.02. The van der Waals surface area contributed by atoms with Gasteiger partial charge in [0.05, 0.1) is 9.80 Å². The van der Waals surface area contributed by atoms with Gasteiger partial charge < -0.3 is 10.4 Å². The second-order valence-electron chi connectivity index (χ2n) is 5.20. The van der Waals surface area contributed by atoms with Gasteiger partial charge in [-0.05, 0) is 24.3 Å². The van der Waals surface area contributed by atoms with Crippen LogP contribution >= 0.6 is 11.3 Å². The average molecular weight is 314 g/mol. The SMILES string of the molecule is CC(C)CC(CNC(=O)c1ccc([N+](=O)[O-])s1)CC(=O)O. The molecule has 0 aliphatic carbocycles. The van der Waals surface area contributed by atoms with Crippen molar-refractivity contribution in [1.82, 2.24) is 5.32 Å². The van der Waals surface area contributed by atoms with Crippen LogP contribution in [0.25, 0.3) is 0 Å². The van der Waals surface area contributed by atoms with Crippen LogP contribution in [-0.4, -0.2) is 28.5 Å². The van der Waals surface area contributed by atoms with Crippen LogP contribution in [0.5, 0.6) is 0 Å². The van der Waals surface area contributed by atoms with E-state index >= 15 is 0 Å². The minimum atomic E-state index is -0.901. The van der Waals surface area contributed by atoms with Crippen molar-refractivity contribution in [2.24, 2.45) is 11.8 Å². The third-order valence-corrected chi connectivity index (χ3v) is 3.85. The molecule has 0 saturated carbocycles. The van der Waals surface area contributed by atoms with E-state index in [1.54, 1.807) is 0 Å². The van der Waals surface area contributed by atoms with E-state index in [2.05, 4.69) is 5.32 Å². The number of aliphatic carboxylic acids is 1. The maximum Gasteiger partial charge on any atom is 0.324 e. The Morgan fingerprint density at radius 3 is 2.57 bits per heavy atom. The van der Waals surface area contributed by atoms with Gasteiger partial charge in [0, 0.05) is 19.0 Å². The van der Waals surface area contributed by atoms with Gasteiger partial charge in [-0.25, -0.2) is 0 Å². The van der Waals surface area contributed by atoms with Crippen molar-refractivity contribution in [1.29, 1.82) is 0 Å². The summed E-state index contributed by atoms with van der Waals surface area (Å²) in [4.78, 5) is 33.0. The van der Waals surface area contributed by atoms with Gasteiger partial charge >= 0.3 is 11.0 Å². The zero-order valence-corrected chi connectivity index (χ0v) is 12.7. The highest BCUT2D eigenvalue weighted by molar-refractivity contribution is 7.17. The highest BCUT2D eigenvalue weighted by Crippen LogP contribution is 2.24. The second-order valence-corrected chi connectivity index (χ2v) is 6.26. The molecular weight excluding hydrogens is 296 g/mol. The lowest BCUT2D eigenvalue weighted by molar-refractivity contribution is -0.380. The summed E-state index contributed by atoms with van der Waals surface area (Å²) in [5, 5.41) is 22.0. The van der Waals surface area contributed by atoms with Gasteiger partial charge in [0.1, 0.15) is 0 Å². The second kappa shape index (κ2) is 7.72. The molecule has 0 fully saturated rings. The smallest absolute Gasteiger partial charge is 0.324 e. The van der Waals surface area contributed by atoms with Crippen molar-refractivity contribution >= 4 is 28.2 Å². The highest BCUT2D eigenvalue weighted by atomic mass is 32.1. The Morgan fingerprint density at radius 1 is 1.43 bits per heavy atom. The van der Waals surface area contributed by atoms with E-state index in [4.69, 9.17) is 5.11 Å². The van der Waals surface area contributed by atoms with Gasteiger partial charge in [-0.1, -0.05) is 25.2 Å². The predicted octanol–water partition coefficient (Wildman–Crippen LogP) is 2.52.